The number of aromatic nitrogens is 2. The number of rotatable bonds is 5. The van der Waals surface area contributed by atoms with Crippen molar-refractivity contribution in [2.24, 2.45) is 0 Å². The average Bonchev–Trinajstić information content (AvgIpc) is 2.38. The smallest absolute Gasteiger partial charge is 0.252 e. The van der Waals surface area contributed by atoms with Gasteiger partial charge in [0.15, 0.2) is 0 Å². The number of hydrogen-bond acceptors (Lipinski definition) is 4. The lowest BCUT2D eigenvalue weighted by atomic mass is 10.2. The Balaban J connectivity index is 2.17. The number of phenolic OH excluding ortho intramolecular Hbond substituents is 1. The Hall–Kier alpha value is -2.30. The second-order valence-corrected chi connectivity index (χ2v) is 4.36. The third-order valence-electron chi connectivity index (χ3n) is 2.71. The molecule has 0 radical (unpaired) electrons. The fraction of sp³-hybridized carbons (Fsp3) is 0.286. The van der Waals surface area contributed by atoms with Gasteiger partial charge in [0.1, 0.15) is 5.75 Å². The summed E-state index contributed by atoms with van der Waals surface area (Å²) in [5, 5.41) is 12.2. The quantitative estimate of drug-likeness (QED) is 0.721. The van der Waals surface area contributed by atoms with E-state index in [0.717, 1.165) is 30.6 Å². The van der Waals surface area contributed by atoms with E-state index >= 15 is 0 Å². The van der Waals surface area contributed by atoms with Crippen molar-refractivity contribution < 1.29 is 5.11 Å². The maximum absolute atomic E-state index is 11.5. The van der Waals surface area contributed by atoms with Crippen LogP contribution in [-0.2, 0) is 6.42 Å². The third-order valence-corrected chi connectivity index (χ3v) is 2.71. The Morgan fingerprint density at radius 2 is 2.05 bits per heavy atom. The highest BCUT2D eigenvalue weighted by atomic mass is 16.3. The van der Waals surface area contributed by atoms with Crippen LogP contribution in [-0.4, -0.2) is 15.1 Å². The van der Waals surface area contributed by atoms with Crippen LogP contribution in [0.15, 0.2) is 35.1 Å². The van der Waals surface area contributed by atoms with Gasteiger partial charge in [0, 0.05) is 17.4 Å². The van der Waals surface area contributed by atoms with Crippen LogP contribution in [0.1, 0.15) is 25.5 Å². The van der Waals surface area contributed by atoms with Gasteiger partial charge < -0.3 is 10.4 Å². The van der Waals surface area contributed by atoms with Gasteiger partial charge in [-0.25, -0.2) is 4.98 Å². The van der Waals surface area contributed by atoms with Crippen LogP contribution in [0.2, 0.25) is 0 Å². The molecule has 1 aromatic carbocycles. The van der Waals surface area contributed by atoms with E-state index in [1.165, 1.54) is 6.07 Å². The van der Waals surface area contributed by atoms with E-state index in [1.807, 2.05) is 0 Å². The molecule has 0 saturated heterocycles. The molecule has 0 spiro atoms. The van der Waals surface area contributed by atoms with Crippen LogP contribution in [0.5, 0.6) is 5.75 Å². The lowest BCUT2D eigenvalue weighted by molar-refractivity contribution is 0.475. The van der Waals surface area contributed by atoms with Crippen molar-refractivity contribution in [3.8, 4) is 5.75 Å². The summed E-state index contributed by atoms with van der Waals surface area (Å²) < 4.78 is 0. The number of benzene rings is 1. The Labute approximate surface area is 111 Å². The van der Waals surface area contributed by atoms with E-state index in [9.17, 15) is 9.90 Å². The molecule has 0 saturated carbocycles. The van der Waals surface area contributed by atoms with Gasteiger partial charge in [-0.3, -0.25) is 9.78 Å². The Kier molecular flexibility index (Phi) is 4.18. The second-order valence-electron chi connectivity index (χ2n) is 4.36. The van der Waals surface area contributed by atoms with E-state index in [4.69, 9.17) is 0 Å². The van der Waals surface area contributed by atoms with Gasteiger partial charge in [0.25, 0.3) is 5.56 Å². The number of H-pyrrole nitrogens is 1. The molecule has 3 N–H and O–H groups in total. The molecule has 2 aromatic rings. The average molecular weight is 259 g/mol. The molecule has 0 aliphatic carbocycles. The van der Waals surface area contributed by atoms with Gasteiger partial charge in [-0.15, -0.1) is 0 Å². The molecule has 5 heteroatoms. The van der Waals surface area contributed by atoms with Crippen molar-refractivity contribution in [2.45, 2.75) is 26.2 Å². The fourth-order valence-electron chi connectivity index (χ4n) is 1.73. The van der Waals surface area contributed by atoms with E-state index in [-0.39, 0.29) is 11.3 Å². The first-order valence-electron chi connectivity index (χ1n) is 6.33. The van der Waals surface area contributed by atoms with E-state index in [2.05, 4.69) is 22.2 Å². The number of unbranched alkanes of at least 4 members (excludes halogenated alkanes) is 1. The Morgan fingerprint density at radius 3 is 2.74 bits per heavy atom. The highest BCUT2D eigenvalue weighted by molar-refractivity contribution is 5.54. The highest BCUT2D eigenvalue weighted by Crippen LogP contribution is 2.16. The van der Waals surface area contributed by atoms with Crippen LogP contribution in [0.3, 0.4) is 0 Å². The van der Waals surface area contributed by atoms with Crippen molar-refractivity contribution in [3.05, 3.63) is 46.4 Å². The minimum Gasteiger partial charge on any atom is -0.508 e. The molecule has 1 aromatic heterocycles. The van der Waals surface area contributed by atoms with Crippen molar-refractivity contribution in [2.75, 3.05) is 5.32 Å². The molecule has 0 aliphatic rings. The van der Waals surface area contributed by atoms with Crippen LogP contribution in [0.25, 0.3) is 0 Å². The minimum atomic E-state index is -0.164. The summed E-state index contributed by atoms with van der Waals surface area (Å²) in [6.45, 7) is 2.10. The van der Waals surface area contributed by atoms with E-state index in [1.54, 1.807) is 24.3 Å². The monoisotopic (exact) mass is 259 g/mol. The van der Waals surface area contributed by atoms with Crippen LogP contribution in [0, 0.1) is 0 Å². The Bertz CT molecular complexity index is 590. The molecule has 0 bridgehead atoms. The summed E-state index contributed by atoms with van der Waals surface area (Å²) in [4.78, 5) is 18.5. The Morgan fingerprint density at radius 1 is 1.32 bits per heavy atom. The predicted octanol–water partition coefficient (Wildman–Crippen LogP) is 2.56. The van der Waals surface area contributed by atoms with Gasteiger partial charge in [0.2, 0.25) is 5.95 Å². The number of anilines is 2. The molecule has 0 aliphatic heterocycles. The van der Waals surface area contributed by atoms with Crippen LogP contribution in [0.4, 0.5) is 11.6 Å². The predicted molar refractivity (Wildman–Crippen MR) is 74.9 cm³/mol. The standard InChI is InChI=1S/C14H17N3O2/c1-2-3-4-11-9-13(19)17-14(16-11)15-10-5-7-12(18)8-6-10/h5-9,18H,2-4H2,1H3,(H2,15,16,17,19). The third kappa shape index (κ3) is 3.84. The lowest BCUT2D eigenvalue weighted by Gasteiger charge is -2.07. The molecule has 100 valence electrons. The number of aromatic amines is 1. The molecular formula is C14H17N3O2. The van der Waals surface area contributed by atoms with Crippen molar-refractivity contribution >= 4 is 11.6 Å². The van der Waals surface area contributed by atoms with Gasteiger partial charge in [-0.05, 0) is 37.1 Å². The second kappa shape index (κ2) is 6.04. The summed E-state index contributed by atoms with van der Waals surface area (Å²) in [6, 6.07) is 8.10. The van der Waals surface area contributed by atoms with Crippen molar-refractivity contribution in [1.29, 1.82) is 0 Å². The summed E-state index contributed by atoms with van der Waals surface area (Å²) >= 11 is 0. The molecule has 0 atom stereocenters. The van der Waals surface area contributed by atoms with Gasteiger partial charge >= 0.3 is 0 Å². The molecule has 0 unspecified atom stereocenters. The number of nitrogens with one attached hydrogen (secondary N) is 2. The first kappa shape index (κ1) is 13.1. The molecule has 2 rings (SSSR count). The van der Waals surface area contributed by atoms with E-state index < -0.39 is 0 Å². The summed E-state index contributed by atoms with van der Waals surface area (Å²) in [5.41, 5.74) is 1.38. The number of hydrogen-bond donors (Lipinski definition) is 3. The number of phenols is 1. The summed E-state index contributed by atoms with van der Waals surface area (Å²) in [7, 11) is 0. The summed E-state index contributed by atoms with van der Waals surface area (Å²) in [5.74, 6) is 0.619. The lowest BCUT2D eigenvalue weighted by Crippen LogP contribution is -2.12. The zero-order chi connectivity index (χ0) is 13.7. The van der Waals surface area contributed by atoms with Gasteiger partial charge in [-0.2, -0.15) is 0 Å². The van der Waals surface area contributed by atoms with Gasteiger partial charge in [-0.1, -0.05) is 13.3 Å². The van der Waals surface area contributed by atoms with Crippen molar-refractivity contribution in [1.82, 2.24) is 9.97 Å². The molecule has 5 nitrogen and oxygen atoms in total. The minimum absolute atomic E-state index is 0.164. The normalized spacial score (nSPS) is 10.4. The number of aromatic hydroxyl groups is 1. The molecule has 1 heterocycles. The molecular weight excluding hydrogens is 242 g/mol. The number of aryl methyl sites for hydroxylation is 1. The van der Waals surface area contributed by atoms with Crippen molar-refractivity contribution in [3.63, 3.8) is 0 Å². The molecule has 19 heavy (non-hydrogen) atoms. The van der Waals surface area contributed by atoms with Gasteiger partial charge in [0.05, 0.1) is 0 Å². The van der Waals surface area contributed by atoms with E-state index in [0.29, 0.717) is 5.95 Å². The SMILES string of the molecule is CCCCc1cc(=O)[nH]c(Nc2ccc(O)cc2)n1. The largest absolute Gasteiger partial charge is 0.508 e. The number of nitrogens with zero attached hydrogens (tertiary/aromatic N) is 1. The first-order valence-corrected chi connectivity index (χ1v) is 6.33. The zero-order valence-corrected chi connectivity index (χ0v) is 10.8. The first-order chi connectivity index (χ1) is 9.17. The summed E-state index contributed by atoms with van der Waals surface area (Å²) in [6.07, 6.45) is 2.87. The zero-order valence-electron chi connectivity index (χ0n) is 10.8. The maximum Gasteiger partial charge on any atom is 0.252 e. The molecule has 0 amide bonds. The fourth-order valence-corrected chi connectivity index (χ4v) is 1.73. The van der Waals surface area contributed by atoms with Crippen LogP contribution >= 0.6 is 0 Å². The molecule has 0 fully saturated rings. The van der Waals surface area contributed by atoms with Crippen LogP contribution < -0.4 is 10.9 Å². The maximum atomic E-state index is 11.5. The topological polar surface area (TPSA) is 78.0 Å². The highest BCUT2D eigenvalue weighted by Gasteiger charge is 2.02.